The summed E-state index contributed by atoms with van der Waals surface area (Å²) in [6.45, 7) is 1.94. The summed E-state index contributed by atoms with van der Waals surface area (Å²) < 4.78 is 6.07. The monoisotopic (exact) mass is 337 g/mol. The molecule has 5 nitrogen and oxygen atoms in total. The number of anilines is 1. The summed E-state index contributed by atoms with van der Waals surface area (Å²) in [5, 5.41) is 11.3. The molecule has 0 aliphatic heterocycles. The fourth-order valence-electron chi connectivity index (χ4n) is 1.61. The molecule has 104 valence electrons. The van der Waals surface area contributed by atoms with Gasteiger partial charge in [-0.25, -0.2) is 0 Å². The number of carbonyl (C=O) groups is 2. The van der Waals surface area contributed by atoms with Gasteiger partial charge in [-0.3, -0.25) is 9.59 Å². The van der Waals surface area contributed by atoms with Crippen LogP contribution < -0.4 is 5.32 Å². The molecule has 0 radical (unpaired) electrons. The molecule has 20 heavy (non-hydrogen) atoms. The number of halogens is 1. The molecule has 2 N–H and O–H groups in total. The lowest BCUT2D eigenvalue weighted by Crippen LogP contribution is -2.11. The molecule has 1 aromatic carbocycles. The van der Waals surface area contributed by atoms with Crippen LogP contribution in [-0.4, -0.2) is 17.0 Å². The van der Waals surface area contributed by atoms with Gasteiger partial charge in [0, 0.05) is 10.2 Å². The van der Waals surface area contributed by atoms with Crippen LogP contribution in [0.15, 0.2) is 39.2 Å². The predicted octanol–water partition coefficient (Wildman–Crippen LogP) is 3.23. The molecule has 0 aliphatic carbocycles. The Kier molecular flexibility index (Phi) is 4.24. The molecular formula is C14H12BrNO4. The lowest BCUT2D eigenvalue weighted by Gasteiger charge is -2.05. The second kappa shape index (κ2) is 5.92. The number of nitrogens with one attached hydrogen (secondary N) is 1. The molecule has 0 atom stereocenters. The number of amides is 1. The van der Waals surface area contributed by atoms with Crippen LogP contribution in [0, 0.1) is 6.92 Å². The third-order valence-electron chi connectivity index (χ3n) is 2.64. The molecule has 0 fully saturated rings. The maximum atomic E-state index is 11.9. The van der Waals surface area contributed by atoms with Crippen molar-refractivity contribution in [2.45, 2.75) is 13.3 Å². The maximum absolute atomic E-state index is 11.9. The van der Waals surface area contributed by atoms with Gasteiger partial charge in [-0.15, -0.1) is 0 Å². The smallest absolute Gasteiger partial charge is 0.311 e. The van der Waals surface area contributed by atoms with E-state index in [-0.39, 0.29) is 17.9 Å². The summed E-state index contributed by atoms with van der Waals surface area (Å²) in [5.41, 5.74) is 1.69. The number of carboxylic acid groups (broad SMARTS) is 1. The quantitative estimate of drug-likeness (QED) is 0.897. The molecule has 6 heteroatoms. The highest BCUT2D eigenvalue weighted by molar-refractivity contribution is 9.10. The Balaban J connectivity index is 2.09. The van der Waals surface area contributed by atoms with Gasteiger partial charge in [0.1, 0.15) is 12.2 Å². The van der Waals surface area contributed by atoms with E-state index in [1.54, 1.807) is 12.1 Å². The summed E-state index contributed by atoms with van der Waals surface area (Å²) in [5.74, 6) is -1.10. The average molecular weight is 338 g/mol. The van der Waals surface area contributed by atoms with Crippen molar-refractivity contribution in [2.24, 2.45) is 0 Å². The van der Waals surface area contributed by atoms with Crippen molar-refractivity contribution >= 4 is 33.5 Å². The van der Waals surface area contributed by atoms with Crippen molar-refractivity contribution in [3.63, 3.8) is 0 Å². The minimum absolute atomic E-state index is 0.0814. The molecule has 2 aromatic rings. The van der Waals surface area contributed by atoms with E-state index in [2.05, 4.69) is 21.2 Å². The molecule has 0 unspecified atom stereocenters. The minimum Gasteiger partial charge on any atom is -0.481 e. The Hall–Kier alpha value is -2.08. The zero-order chi connectivity index (χ0) is 14.7. The first kappa shape index (κ1) is 14.3. The number of rotatable bonds is 4. The van der Waals surface area contributed by atoms with Crippen molar-refractivity contribution in [3.05, 3.63) is 51.9 Å². The van der Waals surface area contributed by atoms with Crippen LogP contribution in [0.2, 0.25) is 0 Å². The highest BCUT2D eigenvalue weighted by atomic mass is 79.9. The second-order valence-electron chi connectivity index (χ2n) is 4.25. The standard InChI is InChI=1S/C14H12BrNO4/c1-8-2-3-9(6-11(8)15)16-14(19)12-5-4-10(20-12)7-13(17)18/h2-6H,7H2,1H3,(H,16,19)(H,17,18). The Labute approximate surface area is 123 Å². The van der Waals surface area contributed by atoms with Crippen molar-refractivity contribution in [1.82, 2.24) is 0 Å². The van der Waals surface area contributed by atoms with E-state index in [1.807, 2.05) is 13.0 Å². The first-order chi connectivity index (χ1) is 9.45. The van der Waals surface area contributed by atoms with Gasteiger partial charge in [-0.1, -0.05) is 22.0 Å². The van der Waals surface area contributed by atoms with Crippen molar-refractivity contribution in [1.29, 1.82) is 0 Å². The summed E-state index contributed by atoms with van der Waals surface area (Å²) in [6, 6.07) is 8.37. The van der Waals surface area contributed by atoms with Gasteiger partial charge in [0.05, 0.1) is 0 Å². The molecule has 1 aromatic heterocycles. The van der Waals surface area contributed by atoms with Crippen LogP contribution in [-0.2, 0) is 11.2 Å². The van der Waals surface area contributed by atoms with Gasteiger partial charge in [-0.2, -0.15) is 0 Å². The van der Waals surface area contributed by atoms with Crippen LogP contribution in [0.5, 0.6) is 0 Å². The number of benzene rings is 1. The molecule has 0 saturated carbocycles. The Morgan fingerprint density at radius 1 is 1.30 bits per heavy atom. The number of hydrogen-bond acceptors (Lipinski definition) is 3. The third-order valence-corrected chi connectivity index (χ3v) is 3.49. The second-order valence-corrected chi connectivity index (χ2v) is 5.11. The fourth-order valence-corrected chi connectivity index (χ4v) is 1.99. The van der Waals surface area contributed by atoms with Crippen LogP contribution in [0.25, 0.3) is 0 Å². The Morgan fingerprint density at radius 2 is 2.05 bits per heavy atom. The van der Waals surface area contributed by atoms with Gasteiger partial charge < -0.3 is 14.8 Å². The maximum Gasteiger partial charge on any atom is 0.311 e. The highest BCUT2D eigenvalue weighted by Gasteiger charge is 2.13. The zero-order valence-electron chi connectivity index (χ0n) is 10.6. The largest absolute Gasteiger partial charge is 0.481 e. The molecule has 0 aliphatic rings. The lowest BCUT2D eigenvalue weighted by atomic mass is 10.2. The number of carbonyl (C=O) groups excluding carboxylic acids is 1. The number of aliphatic carboxylic acids is 1. The van der Waals surface area contributed by atoms with Gasteiger partial charge in [0.2, 0.25) is 0 Å². The van der Waals surface area contributed by atoms with Gasteiger partial charge in [0.15, 0.2) is 5.76 Å². The van der Waals surface area contributed by atoms with Crippen molar-refractivity contribution in [3.8, 4) is 0 Å². The summed E-state index contributed by atoms with van der Waals surface area (Å²) in [4.78, 5) is 22.5. The highest BCUT2D eigenvalue weighted by Crippen LogP contribution is 2.21. The third kappa shape index (κ3) is 3.48. The SMILES string of the molecule is Cc1ccc(NC(=O)c2ccc(CC(=O)O)o2)cc1Br. The van der Waals surface area contributed by atoms with E-state index in [9.17, 15) is 9.59 Å². The Bertz CT molecular complexity index is 663. The first-order valence-corrected chi connectivity index (χ1v) is 6.63. The summed E-state index contributed by atoms with van der Waals surface area (Å²) in [6.07, 6.45) is -0.247. The lowest BCUT2D eigenvalue weighted by molar-refractivity contribution is -0.136. The van der Waals surface area contributed by atoms with E-state index in [0.29, 0.717) is 5.69 Å². The van der Waals surface area contributed by atoms with Crippen LogP contribution in [0.4, 0.5) is 5.69 Å². The van der Waals surface area contributed by atoms with Gasteiger partial charge in [-0.05, 0) is 36.8 Å². The van der Waals surface area contributed by atoms with E-state index in [4.69, 9.17) is 9.52 Å². The molecule has 0 bridgehead atoms. The van der Waals surface area contributed by atoms with E-state index >= 15 is 0 Å². The van der Waals surface area contributed by atoms with E-state index < -0.39 is 11.9 Å². The fraction of sp³-hybridized carbons (Fsp3) is 0.143. The average Bonchev–Trinajstić information content (AvgIpc) is 2.81. The molecule has 2 rings (SSSR count). The number of aryl methyl sites for hydroxylation is 1. The predicted molar refractivity (Wildman–Crippen MR) is 76.9 cm³/mol. The molecule has 0 saturated heterocycles. The summed E-state index contributed by atoms with van der Waals surface area (Å²) >= 11 is 3.38. The number of carboxylic acids is 1. The molecular weight excluding hydrogens is 326 g/mol. The zero-order valence-corrected chi connectivity index (χ0v) is 12.2. The summed E-state index contributed by atoms with van der Waals surface area (Å²) in [7, 11) is 0. The van der Waals surface area contributed by atoms with E-state index in [1.165, 1.54) is 12.1 Å². The number of hydrogen-bond donors (Lipinski definition) is 2. The van der Waals surface area contributed by atoms with Crippen LogP contribution in [0.1, 0.15) is 21.9 Å². The van der Waals surface area contributed by atoms with Crippen LogP contribution >= 0.6 is 15.9 Å². The molecule has 0 spiro atoms. The van der Waals surface area contributed by atoms with Crippen LogP contribution in [0.3, 0.4) is 0 Å². The number of furan rings is 1. The van der Waals surface area contributed by atoms with Crippen molar-refractivity contribution in [2.75, 3.05) is 5.32 Å². The van der Waals surface area contributed by atoms with Gasteiger partial charge in [0.25, 0.3) is 5.91 Å². The molecule has 1 amide bonds. The molecule has 1 heterocycles. The van der Waals surface area contributed by atoms with E-state index in [0.717, 1.165) is 10.0 Å². The normalized spacial score (nSPS) is 10.3. The van der Waals surface area contributed by atoms with Crippen molar-refractivity contribution < 1.29 is 19.1 Å². The minimum atomic E-state index is -1.01. The Morgan fingerprint density at radius 3 is 2.70 bits per heavy atom. The topological polar surface area (TPSA) is 79.5 Å². The van der Waals surface area contributed by atoms with Gasteiger partial charge >= 0.3 is 5.97 Å². The first-order valence-electron chi connectivity index (χ1n) is 5.83.